The number of thiophene rings is 1. The van der Waals surface area contributed by atoms with Crippen LogP contribution in [0.1, 0.15) is 34.6 Å². The van der Waals surface area contributed by atoms with Crippen LogP contribution in [-0.2, 0) is 4.74 Å². The molecular weight excluding hydrogens is 354 g/mol. The molecule has 2 aromatic rings. The van der Waals surface area contributed by atoms with Crippen LogP contribution in [0.2, 0.25) is 0 Å². The van der Waals surface area contributed by atoms with Gasteiger partial charge in [0.15, 0.2) is 0 Å². The minimum absolute atomic E-state index is 0.202. The van der Waals surface area contributed by atoms with Gasteiger partial charge in [-0.3, -0.25) is 14.9 Å². The van der Waals surface area contributed by atoms with E-state index in [0.717, 1.165) is 18.8 Å². The first-order chi connectivity index (χ1) is 12.5. The van der Waals surface area contributed by atoms with E-state index in [1.54, 1.807) is 17.5 Å². The van der Waals surface area contributed by atoms with Gasteiger partial charge in [-0.15, -0.1) is 11.3 Å². The average molecular weight is 375 g/mol. The van der Waals surface area contributed by atoms with Crippen molar-refractivity contribution in [3.05, 3.63) is 46.8 Å². The van der Waals surface area contributed by atoms with Crippen LogP contribution in [0.4, 0.5) is 15.5 Å². The van der Waals surface area contributed by atoms with Crippen LogP contribution in [0.3, 0.4) is 0 Å². The highest BCUT2D eigenvalue weighted by atomic mass is 32.1. The monoisotopic (exact) mass is 375 g/mol. The molecular formula is C18H21N3O4S. The number of methoxy groups -OCH3 is 1. The van der Waals surface area contributed by atoms with Crippen molar-refractivity contribution in [1.82, 2.24) is 5.32 Å². The minimum atomic E-state index is -0.856. The maximum atomic E-state index is 12.4. The molecule has 0 aliphatic heterocycles. The fourth-order valence-electron chi connectivity index (χ4n) is 2.38. The quantitative estimate of drug-likeness (QED) is 0.808. The SMILES string of the molecule is CCN(CC)c1ccc(C(=O)Nc2sccc2C(=O)NC(=O)OC)cc1. The van der Waals surface area contributed by atoms with Gasteiger partial charge in [0, 0.05) is 24.3 Å². The maximum absolute atomic E-state index is 12.4. The maximum Gasteiger partial charge on any atom is 0.413 e. The zero-order valence-corrected chi connectivity index (χ0v) is 15.7. The average Bonchev–Trinajstić information content (AvgIpc) is 3.11. The van der Waals surface area contributed by atoms with E-state index < -0.39 is 12.0 Å². The number of hydrogen-bond donors (Lipinski definition) is 2. The van der Waals surface area contributed by atoms with Crippen molar-refractivity contribution < 1.29 is 19.1 Å². The molecule has 3 amide bonds. The van der Waals surface area contributed by atoms with Gasteiger partial charge in [-0.2, -0.15) is 0 Å². The Hall–Kier alpha value is -2.87. The molecule has 138 valence electrons. The summed E-state index contributed by atoms with van der Waals surface area (Å²) in [6, 6.07) is 8.79. The highest BCUT2D eigenvalue weighted by Crippen LogP contribution is 2.24. The molecule has 2 rings (SSSR count). The number of hydrogen-bond acceptors (Lipinski definition) is 6. The van der Waals surface area contributed by atoms with E-state index in [0.29, 0.717) is 10.6 Å². The number of nitrogens with one attached hydrogen (secondary N) is 2. The number of ether oxygens (including phenoxy) is 1. The van der Waals surface area contributed by atoms with Gasteiger partial charge in [0.25, 0.3) is 11.8 Å². The molecule has 1 aromatic heterocycles. The first-order valence-electron chi connectivity index (χ1n) is 8.13. The van der Waals surface area contributed by atoms with Crippen molar-refractivity contribution in [3.63, 3.8) is 0 Å². The van der Waals surface area contributed by atoms with Crippen molar-refractivity contribution in [2.75, 3.05) is 30.4 Å². The van der Waals surface area contributed by atoms with E-state index in [1.165, 1.54) is 24.5 Å². The summed E-state index contributed by atoms with van der Waals surface area (Å²) in [4.78, 5) is 37.8. The molecule has 0 saturated carbocycles. The van der Waals surface area contributed by atoms with E-state index in [-0.39, 0.29) is 11.5 Å². The lowest BCUT2D eigenvalue weighted by molar-refractivity contribution is 0.0938. The fourth-order valence-corrected chi connectivity index (χ4v) is 3.16. The molecule has 1 heterocycles. The third-order valence-electron chi connectivity index (χ3n) is 3.80. The third-order valence-corrected chi connectivity index (χ3v) is 4.63. The summed E-state index contributed by atoms with van der Waals surface area (Å²) in [5.41, 5.74) is 1.72. The molecule has 0 spiro atoms. The molecule has 26 heavy (non-hydrogen) atoms. The summed E-state index contributed by atoms with van der Waals surface area (Å²) in [5, 5.41) is 6.80. The van der Waals surface area contributed by atoms with Crippen LogP contribution >= 0.6 is 11.3 Å². The summed E-state index contributed by atoms with van der Waals surface area (Å²) < 4.78 is 4.40. The normalized spacial score (nSPS) is 10.1. The third kappa shape index (κ3) is 4.60. The molecule has 0 atom stereocenters. The molecule has 0 aliphatic rings. The molecule has 7 nitrogen and oxygen atoms in total. The predicted molar refractivity (Wildman–Crippen MR) is 102 cm³/mol. The molecule has 0 unspecified atom stereocenters. The Kier molecular flexibility index (Phi) is 6.74. The highest BCUT2D eigenvalue weighted by molar-refractivity contribution is 7.14. The van der Waals surface area contributed by atoms with E-state index in [2.05, 4.69) is 34.1 Å². The molecule has 1 aromatic carbocycles. The molecule has 0 saturated heterocycles. The van der Waals surface area contributed by atoms with Crippen molar-refractivity contribution >= 4 is 39.9 Å². The second-order valence-corrected chi connectivity index (χ2v) is 6.20. The van der Waals surface area contributed by atoms with E-state index in [1.807, 2.05) is 12.1 Å². The number of nitrogens with zero attached hydrogens (tertiary/aromatic N) is 1. The van der Waals surface area contributed by atoms with Gasteiger partial charge in [-0.25, -0.2) is 4.79 Å². The van der Waals surface area contributed by atoms with Gasteiger partial charge < -0.3 is 15.0 Å². The van der Waals surface area contributed by atoms with Crippen molar-refractivity contribution in [3.8, 4) is 0 Å². The molecule has 0 fully saturated rings. The second-order valence-electron chi connectivity index (χ2n) is 5.28. The van der Waals surface area contributed by atoms with Gasteiger partial charge in [0.1, 0.15) is 5.00 Å². The van der Waals surface area contributed by atoms with E-state index >= 15 is 0 Å². The Balaban J connectivity index is 2.10. The molecule has 0 bridgehead atoms. The lowest BCUT2D eigenvalue weighted by Crippen LogP contribution is -2.30. The zero-order valence-electron chi connectivity index (χ0n) is 14.9. The van der Waals surface area contributed by atoms with Crippen LogP contribution in [0.15, 0.2) is 35.7 Å². The minimum Gasteiger partial charge on any atom is -0.453 e. The molecule has 8 heteroatoms. The largest absolute Gasteiger partial charge is 0.453 e. The van der Waals surface area contributed by atoms with Gasteiger partial charge in [-0.1, -0.05) is 0 Å². The Morgan fingerprint density at radius 2 is 1.69 bits per heavy atom. The van der Waals surface area contributed by atoms with Crippen molar-refractivity contribution in [1.29, 1.82) is 0 Å². The molecule has 0 aliphatic carbocycles. The number of rotatable bonds is 6. The van der Waals surface area contributed by atoms with E-state index in [9.17, 15) is 14.4 Å². The lowest BCUT2D eigenvalue weighted by Gasteiger charge is -2.21. The number of imide groups is 1. The van der Waals surface area contributed by atoms with Crippen LogP contribution < -0.4 is 15.5 Å². The molecule has 2 N–H and O–H groups in total. The van der Waals surface area contributed by atoms with Crippen molar-refractivity contribution in [2.45, 2.75) is 13.8 Å². The fraction of sp³-hybridized carbons (Fsp3) is 0.278. The number of alkyl carbamates (subject to hydrolysis) is 1. The summed E-state index contributed by atoms with van der Waals surface area (Å²) in [6.07, 6.45) is -0.856. The summed E-state index contributed by atoms with van der Waals surface area (Å²) >= 11 is 1.20. The number of carbonyl (C=O) groups excluding carboxylic acids is 3. The summed E-state index contributed by atoms with van der Waals surface area (Å²) in [5.74, 6) is -0.962. The lowest BCUT2D eigenvalue weighted by atomic mass is 10.1. The first-order valence-corrected chi connectivity index (χ1v) is 9.01. The smallest absolute Gasteiger partial charge is 0.413 e. The summed E-state index contributed by atoms with van der Waals surface area (Å²) in [7, 11) is 1.17. The van der Waals surface area contributed by atoms with E-state index in [4.69, 9.17) is 0 Å². The van der Waals surface area contributed by atoms with Crippen LogP contribution in [0, 0.1) is 0 Å². The van der Waals surface area contributed by atoms with Crippen molar-refractivity contribution in [2.24, 2.45) is 0 Å². The van der Waals surface area contributed by atoms with Gasteiger partial charge in [0.2, 0.25) is 0 Å². The predicted octanol–water partition coefficient (Wildman–Crippen LogP) is 3.34. The molecule has 0 radical (unpaired) electrons. The number of anilines is 2. The topological polar surface area (TPSA) is 87.7 Å². The first kappa shape index (κ1) is 19.5. The van der Waals surface area contributed by atoms with Crippen LogP contribution in [0.5, 0.6) is 0 Å². The van der Waals surface area contributed by atoms with Gasteiger partial charge in [0.05, 0.1) is 12.7 Å². The Bertz CT molecular complexity index is 782. The summed E-state index contributed by atoms with van der Waals surface area (Å²) in [6.45, 7) is 5.91. The van der Waals surface area contributed by atoms with Crippen LogP contribution in [-0.4, -0.2) is 38.1 Å². The van der Waals surface area contributed by atoms with Gasteiger partial charge >= 0.3 is 6.09 Å². The number of amides is 3. The Labute approximate surface area is 156 Å². The van der Waals surface area contributed by atoms with Crippen LogP contribution in [0.25, 0.3) is 0 Å². The standard InChI is InChI=1S/C18H21N3O4S/c1-4-21(5-2)13-8-6-12(7-9-13)15(22)19-17-14(10-11-26-17)16(23)20-18(24)25-3/h6-11H,4-5H2,1-3H3,(H,19,22)(H,20,23,24). The Morgan fingerprint density at radius 1 is 1.04 bits per heavy atom. The zero-order chi connectivity index (χ0) is 19.1. The number of benzene rings is 1. The second kappa shape index (κ2) is 9.00. The Morgan fingerprint density at radius 3 is 2.27 bits per heavy atom. The highest BCUT2D eigenvalue weighted by Gasteiger charge is 2.18. The number of carbonyl (C=O) groups is 3. The van der Waals surface area contributed by atoms with Gasteiger partial charge in [-0.05, 0) is 49.6 Å².